The Labute approximate surface area is 181 Å². The second-order valence-corrected chi connectivity index (χ2v) is 8.19. The van der Waals surface area contributed by atoms with Crippen molar-refractivity contribution in [3.05, 3.63) is 45.6 Å². The fourth-order valence-electron chi connectivity index (χ4n) is 3.71. The predicted molar refractivity (Wildman–Crippen MR) is 118 cm³/mol. The van der Waals surface area contributed by atoms with E-state index in [1.54, 1.807) is 25.3 Å². The number of aromatic nitrogens is 1. The van der Waals surface area contributed by atoms with Crippen molar-refractivity contribution in [2.45, 2.75) is 45.2 Å². The highest BCUT2D eigenvalue weighted by Gasteiger charge is 2.26. The number of hydrogen-bond acceptors (Lipinski definition) is 5. The van der Waals surface area contributed by atoms with Crippen LogP contribution >= 0.6 is 23.2 Å². The molecule has 2 aromatic rings. The first-order valence-electron chi connectivity index (χ1n) is 9.66. The summed E-state index contributed by atoms with van der Waals surface area (Å²) in [6.07, 6.45) is 3.53. The molecule has 0 spiro atoms. The number of halogens is 2. The van der Waals surface area contributed by atoms with Gasteiger partial charge in [0, 0.05) is 29.8 Å². The molecule has 0 aliphatic heterocycles. The van der Waals surface area contributed by atoms with Crippen molar-refractivity contribution < 1.29 is 9.53 Å². The molecule has 6 nitrogen and oxygen atoms in total. The molecule has 0 radical (unpaired) electrons. The van der Waals surface area contributed by atoms with Crippen molar-refractivity contribution in [3.8, 4) is 5.75 Å². The van der Waals surface area contributed by atoms with Crippen LogP contribution in [0.4, 0.5) is 11.5 Å². The summed E-state index contributed by atoms with van der Waals surface area (Å²) in [4.78, 5) is 16.7. The lowest BCUT2D eigenvalue weighted by Gasteiger charge is -2.29. The Kier molecular flexibility index (Phi) is 7.22. The number of nitrogen functional groups attached to an aromatic ring is 1. The van der Waals surface area contributed by atoms with E-state index in [9.17, 15) is 4.79 Å². The van der Waals surface area contributed by atoms with Crippen molar-refractivity contribution in [3.63, 3.8) is 0 Å². The van der Waals surface area contributed by atoms with E-state index < -0.39 is 0 Å². The number of methoxy groups -OCH3 is 1. The molecule has 1 aliphatic carbocycles. The van der Waals surface area contributed by atoms with Gasteiger partial charge in [0.25, 0.3) is 0 Å². The highest BCUT2D eigenvalue weighted by Crippen LogP contribution is 2.30. The SMILES string of the molecule is COc1ccc(NC(=O)C2CCC(NCc3c(C)cc(Cl)nc3N)CC2)cc1Cl. The zero-order valence-electron chi connectivity index (χ0n) is 16.6. The maximum absolute atomic E-state index is 12.6. The number of benzene rings is 1. The molecule has 29 heavy (non-hydrogen) atoms. The van der Waals surface area contributed by atoms with Gasteiger partial charge in [-0.05, 0) is 62.4 Å². The Morgan fingerprint density at radius 1 is 1.24 bits per heavy atom. The van der Waals surface area contributed by atoms with E-state index in [-0.39, 0.29) is 11.8 Å². The molecule has 8 heteroatoms. The molecule has 4 N–H and O–H groups in total. The number of amides is 1. The minimum atomic E-state index is -0.00192. The van der Waals surface area contributed by atoms with Gasteiger partial charge in [0.2, 0.25) is 5.91 Å². The lowest BCUT2D eigenvalue weighted by atomic mass is 9.85. The first kappa shape index (κ1) is 21.7. The summed E-state index contributed by atoms with van der Waals surface area (Å²) in [6.45, 7) is 2.63. The van der Waals surface area contributed by atoms with Crippen LogP contribution in [0.1, 0.15) is 36.8 Å². The summed E-state index contributed by atoms with van der Waals surface area (Å²) in [6, 6.07) is 7.42. The van der Waals surface area contributed by atoms with Crippen molar-refractivity contribution >= 4 is 40.6 Å². The number of ether oxygens (including phenoxy) is 1. The van der Waals surface area contributed by atoms with Crippen LogP contribution in [-0.4, -0.2) is 24.0 Å². The number of carbonyl (C=O) groups is 1. The molecule has 156 valence electrons. The van der Waals surface area contributed by atoms with Gasteiger partial charge in [0.1, 0.15) is 16.7 Å². The highest BCUT2D eigenvalue weighted by atomic mass is 35.5. The molecule has 1 fully saturated rings. The van der Waals surface area contributed by atoms with Gasteiger partial charge in [0.05, 0.1) is 12.1 Å². The number of nitrogens with one attached hydrogen (secondary N) is 2. The fraction of sp³-hybridized carbons (Fsp3) is 0.429. The smallest absolute Gasteiger partial charge is 0.227 e. The van der Waals surface area contributed by atoms with Crippen LogP contribution in [0.3, 0.4) is 0 Å². The van der Waals surface area contributed by atoms with Crippen molar-refractivity contribution in [1.82, 2.24) is 10.3 Å². The normalized spacial score (nSPS) is 19.0. The lowest BCUT2D eigenvalue weighted by Crippen LogP contribution is -2.36. The van der Waals surface area contributed by atoms with E-state index in [0.717, 1.165) is 36.8 Å². The Morgan fingerprint density at radius 3 is 2.59 bits per heavy atom. The number of nitrogens with two attached hydrogens (primary N) is 1. The Morgan fingerprint density at radius 2 is 1.97 bits per heavy atom. The number of nitrogens with zero attached hydrogens (tertiary/aromatic N) is 1. The fourth-order valence-corrected chi connectivity index (χ4v) is 4.22. The van der Waals surface area contributed by atoms with E-state index in [1.165, 1.54) is 0 Å². The topological polar surface area (TPSA) is 89.3 Å². The molecular weight excluding hydrogens is 411 g/mol. The third kappa shape index (κ3) is 5.53. The van der Waals surface area contributed by atoms with Crippen LogP contribution in [0.25, 0.3) is 0 Å². The molecular formula is C21H26Cl2N4O2. The molecule has 1 aromatic heterocycles. The minimum absolute atomic E-state index is 0.00192. The van der Waals surface area contributed by atoms with Crippen LogP contribution in [0, 0.1) is 12.8 Å². The third-order valence-corrected chi connectivity index (χ3v) is 5.92. The summed E-state index contributed by atoms with van der Waals surface area (Å²) in [5, 5.41) is 7.39. The van der Waals surface area contributed by atoms with E-state index in [0.29, 0.717) is 40.0 Å². The average Bonchev–Trinajstić information content (AvgIpc) is 2.67. The maximum atomic E-state index is 12.6. The van der Waals surface area contributed by atoms with Crippen LogP contribution in [0.15, 0.2) is 24.3 Å². The predicted octanol–water partition coefficient (Wildman–Crippen LogP) is 4.57. The van der Waals surface area contributed by atoms with Gasteiger partial charge in [-0.2, -0.15) is 0 Å². The van der Waals surface area contributed by atoms with E-state index in [1.807, 2.05) is 13.0 Å². The zero-order chi connectivity index (χ0) is 21.0. The molecule has 1 aromatic carbocycles. The molecule has 0 bridgehead atoms. The quantitative estimate of drug-likeness (QED) is 0.576. The third-order valence-electron chi connectivity index (χ3n) is 5.43. The molecule has 1 aliphatic rings. The van der Waals surface area contributed by atoms with Crippen LogP contribution in [0.2, 0.25) is 10.2 Å². The Balaban J connectivity index is 1.49. The summed E-state index contributed by atoms with van der Waals surface area (Å²) >= 11 is 12.1. The monoisotopic (exact) mass is 436 g/mol. The number of hydrogen-bond donors (Lipinski definition) is 3. The number of anilines is 2. The van der Waals surface area contributed by atoms with Gasteiger partial charge >= 0.3 is 0 Å². The van der Waals surface area contributed by atoms with Crippen LogP contribution in [-0.2, 0) is 11.3 Å². The van der Waals surface area contributed by atoms with Gasteiger partial charge < -0.3 is 21.1 Å². The maximum Gasteiger partial charge on any atom is 0.227 e. The van der Waals surface area contributed by atoms with Gasteiger partial charge in [0.15, 0.2) is 0 Å². The molecule has 0 atom stereocenters. The van der Waals surface area contributed by atoms with Gasteiger partial charge in [-0.15, -0.1) is 0 Å². The number of pyridine rings is 1. The summed E-state index contributed by atoms with van der Waals surface area (Å²) in [5.74, 6) is 1.08. The number of carbonyl (C=O) groups excluding carboxylic acids is 1. The van der Waals surface area contributed by atoms with Crippen molar-refractivity contribution in [1.29, 1.82) is 0 Å². The second-order valence-electron chi connectivity index (χ2n) is 7.39. The second kappa shape index (κ2) is 9.65. The molecule has 1 amide bonds. The summed E-state index contributed by atoms with van der Waals surface area (Å²) < 4.78 is 5.14. The molecule has 0 saturated heterocycles. The Bertz CT molecular complexity index is 860. The molecule has 3 rings (SSSR count). The summed E-state index contributed by atoms with van der Waals surface area (Å²) in [7, 11) is 1.56. The first-order chi connectivity index (χ1) is 13.9. The van der Waals surface area contributed by atoms with Gasteiger partial charge in [-0.25, -0.2) is 4.98 Å². The molecule has 1 saturated carbocycles. The standard InChI is InChI=1S/C21H26Cl2N4O2/c1-12-9-19(23)27-20(24)16(12)11-25-14-5-3-13(4-6-14)21(28)26-15-7-8-18(29-2)17(22)10-15/h7-10,13-14,25H,3-6,11H2,1-2H3,(H2,24,27)(H,26,28). The zero-order valence-corrected chi connectivity index (χ0v) is 18.1. The lowest BCUT2D eigenvalue weighted by molar-refractivity contribution is -0.120. The highest BCUT2D eigenvalue weighted by molar-refractivity contribution is 6.32. The van der Waals surface area contributed by atoms with Gasteiger partial charge in [-0.3, -0.25) is 4.79 Å². The van der Waals surface area contributed by atoms with Crippen molar-refractivity contribution in [2.75, 3.05) is 18.2 Å². The van der Waals surface area contributed by atoms with Crippen LogP contribution in [0.5, 0.6) is 5.75 Å². The Hall–Kier alpha value is -2.02. The van der Waals surface area contributed by atoms with Crippen molar-refractivity contribution in [2.24, 2.45) is 5.92 Å². The van der Waals surface area contributed by atoms with E-state index >= 15 is 0 Å². The first-order valence-corrected chi connectivity index (χ1v) is 10.4. The summed E-state index contributed by atoms with van der Waals surface area (Å²) in [5.41, 5.74) is 8.68. The number of aryl methyl sites for hydroxylation is 1. The average molecular weight is 437 g/mol. The van der Waals surface area contributed by atoms with Crippen LogP contribution < -0.4 is 21.1 Å². The van der Waals surface area contributed by atoms with E-state index in [2.05, 4.69) is 15.6 Å². The molecule has 0 unspecified atom stereocenters. The van der Waals surface area contributed by atoms with Gasteiger partial charge in [-0.1, -0.05) is 23.2 Å². The minimum Gasteiger partial charge on any atom is -0.495 e. The number of rotatable bonds is 6. The van der Waals surface area contributed by atoms with E-state index in [4.69, 9.17) is 33.7 Å². The largest absolute Gasteiger partial charge is 0.495 e. The molecule has 1 heterocycles.